The van der Waals surface area contributed by atoms with E-state index in [4.69, 9.17) is 0 Å². The minimum absolute atomic E-state index is 0.152. The summed E-state index contributed by atoms with van der Waals surface area (Å²) < 4.78 is 0. The van der Waals surface area contributed by atoms with Crippen LogP contribution in [-0.4, -0.2) is 67.0 Å². The zero-order valence-electron chi connectivity index (χ0n) is 16.5. The first kappa shape index (κ1) is 18.2. The number of carbonyl (C=O) groups is 1. The van der Waals surface area contributed by atoms with Gasteiger partial charge in [-0.1, -0.05) is 12.1 Å². The average molecular weight is 367 g/mol. The molecule has 0 unspecified atom stereocenters. The maximum atomic E-state index is 11.4. The number of amides is 1. The van der Waals surface area contributed by atoms with E-state index in [1.807, 2.05) is 24.3 Å². The van der Waals surface area contributed by atoms with Crippen LogP contribution >= 0.6 is 0 Å². The van der Waals surface area contributed by atoms with Gasteiger partial charge in [0.15, 0.2) is 0 Å². The summed E-state index contributed by atoms with van der Waals surface area (Å²) in [5, 5.41) is 2.67. The van der Waals surface area contributed by atoms with Gasteiger partial charge in [0.2, 0.25) is 5.91 Å². The second-order valence-electron chi connectivity index (χ2n) is 8.10. The molecule has 1 fully saturated rings. The summed E-state index contributed by atoms with van der Waals surface area (Å²) in [6.45, 7) is 8.01. The molecule has 3 heterocycles. The number of piperidine rings is 1. The van der Waals surface area contributed by atoms with Crippen molar-refractivity contribution < 1.29 is 4.79 Å². The van der Waals surface area contributed by atoms with Gasteiger partial charge in [-0.15, -0.1) is 0 Å². The molecule has 27 heavy (non-hydrogen) atoms. The number of benzene rings is 1. The molecule has 5 heteroatoms. The van der Waals surface area contributed by atoms with E-state index >= 15 is 0 Å². The topological polar surface area (TPSA) is 39.7 Å². The molecule has 5 nitrogen and oxygen atoms in total. The molecule has 4 rings (SSSR count). The van der Waals surface area contributed by atoms with Crippen molar-refractivity contribution in [1.82, 2.24) is 14.8 Å². The van der Waals surface area contributed by atoms with Gasteiger partial charge in [0.25, 0.3) is 0 Å². The van der Waals surface area contributed by atoms with Crippen molar-refractivity contribution in [3.05, 3.63) is 36.2 Å². The molecule has 1 aromatic carbocycles. The van der Waals surface area contributed by atoms with Crippen molar-refractivity contribution >= 4 is 22.4 Å². The Morgan fingerprint density at radius 3 is 2.81 bits per heavy atom. The highest BCUT2D eigenvalue weighted by Gasteiger charge is 2.25. The number of rotatable bonds is 5. The van der Waals surface area contributed by atoms with Crippen LogP contribution in [0.4, 0.5) is 5.69 Å². The largest absolute Gasteiger partial charge is 0.370 e. The lowest BCUT2D eigenvalue weighted by molar-refractivity contribution is -0.127. The van der Waals surface area contributed by atoms with Gasteiger partial charge < -0.3 is 14.7 Å². The van der Waals surface area contributed by atoms with Crippen molar-refractivity contribution in [2.75, 3.05) is 51.2 Å². The molecule has 0 atom stereocenters. The van der Waals surface area contributed by atoms with Crippen LogP contribution in [0.15, 0.2) is 30.6 Å². The molecule has 1 saturated heterocycles. The van der Waals surface area contributed by atoms with Crippen molar-refractivity contribution in [2.45, 2.75) is 26.2 Å². The first-order chi connectivity index (χ1) is 13.1. The Hall–Kier alpha value is -2.14. The lowest BCUT2D eigenvalue weighted by atomic mass is 9.93. The maximum Gasteiger partial charge on any atom is 0.219 e. The molecule has 0 N–H and O–H groups in total. The molecule has 0 aliphatic carbocycles. The van der Waals surface area contributed by atoms with Crippen LogP contribution in [0.25, 0.3) is 10.8 Å². The second-order valence-corrected chi connectivity index (χ2v) is 8.10. The first-order valence-corrected chi connectivity index (χ1v) is 10.2. The number of likely N-dealkylation sites (tertiary alicyclic amines) is 1. The molecule has 0 spiro atoms. The summed E-state index contributed by atoms with van der Waals surface area (Å²) >= 11 is 0. The summed E-state index contributed by atoms with van der Waals surface area (Å²) in [5.74, 6) is 0.907. The predicted octanol–water partition coefficient (Wildman–Crippen LogP) is 2.79. The molecular formula is C22H30N4O. The number of anilines is 1. The van der Waals surface area contributed by atoms with E-state index in [0.29, 0.717) is 0 Å². The molecule has 2 aliphatic heterocycles. The van der Waals surface area contributed by atoms with Crippen molar-refractivity contribution in [2.24, 2.45) is 5.92 Å². The van der Waals surface area contributed by atoms with Gasteiger partial charge in [-0.05, 0) is 49.9 Å². The smallest absolute Gasteiger partial charge is 0.219 e. The highest BCUT2D eigenvalue weighted by molar-refractivity contribution is 5.97. The monoisotopic (exact) mass is 366 g/mol. The lowest BCUT2D eigenvalue weighted by Crippen LogP contribution is -2.42. The van der Waals surface area contributed by atoms with E-state index in [1.165, 1.54) is 34.9 Å². The number of hydrogen-bond donors (Lipinski definition) is 0. The van der Waals surface area contributed by atoms with E-state index in [0.717, 1.165) is 51.6 Å². The van der Waals surface area contributed by atoms with Crippen LogP contribution < -0.4 is 4.90 Å². The third-order valence-electron chi connectivity index (χ3n) is 6.31. The number of pyridine rings is 1. The Balaban J connectivity index is 1.35. The molecule has 2 aliphatic rings. The van der Waals surface area contributed by atoms with Gasteiger partial charge in [0.1, 0.15) is 0 Å². The average Bonchev–Trinajstić information content (AvgIpc) is 2.69. The molecule has 1 amide bonds. The number of nitrogens with zero attached hydrogens (tertiary/aromatic N) is 4. The summed E-state index contributed by atoms with van der Waals surface area (Å²) in [6, 6.07) is 6.61. The van der Waals surface area contributed by atoms with E-state index in [2.05, 4.69) is 33.0 Å². The minimum Gasteiger partial charge on any atom is -0.370 e. The molecule has 2 aromatic rings. The van der Waals surface area contributed by atoms with Crippen LogP contribution in [-0.2, 0) is 11.2 Å². The molecular weight excluding hydrogens is 336 g/mol. The number of aromatic nitrogens is 1. The van der Waals surface area contributed by atoms with Gasteiger partial charge in [-0.25, -0.2) is 0 Å². The molecule has 144 valence electrons. The van der Waals surface area contributed by atoms with Crippen LogP contribution in [0.3, 0.4) is 0 Å². The van der Waals surface area contributed by atoms with Gasteiger partial charge in [-0.2, -0.15) is 0 Å². The third-order valence-corrected chi connectivity index (χ3v) is 6.31. The maximum absolute atomic E-state index is 11.4. The minimum atomic E-state index is 0.152. The van der Waals surface area contributed by atoms with Crippen LogP contribution in [0.1, 0.15) is 25.3 Å². The van der Waals surface area contributed by atoms with Crippen LogP contribution in [0, 0.1) is 5.92 Å². The fourth-order valence-electron chi connectivity index (χ4n) is 4.46. The Morgan fingerprint density at radius 2 is 2.04 bits per heavy atom. The third kappa shape index (κ3) is 3.93. The van der Waals surface area contributed by atoms with Gasteiger partial charge in [0, 0.05) is 69.0 Å². The van der Waals surface area contributed by atoms with E-state index in [1.54, 1.807) is 6.92 Å². The number of carbonyl (C=O) groups excluding carboxylic acids is 1. The second kappa shape index (κ2) is 7.85. The van der Waals surface area contributed by atoms with Crippen LogP contribution in [0.5, 0.6) is 0 Å². The predicted molar refractivity (Wildman–Crippen MR) is 110 cm³/mol. The van der Waals surface area contributed by atoms with Gasteiger partial charge in [-0.3, -0.25) is 9.78 Å². The summed E-state index contributed by atoms with van der Waals surface area (Å²) in [5.41, 5.74) is 2.78. The van der Waals surface area contributed by atoms with Crippen molar-refractivity contribution in [3.8, 4) is 0 Å². The highest BCUT2D eigenvalue weighted by Crippen LogP contribution is 2.34. The standard InChI is InChI=1S/C22H30N4O/c1-17(27)24(2)12-13-25-9-6-18(7-10-25)16-26-11-8-20-15-23-14-19-4-3-5-21(26)22(19)20/h3-5,14-15,18H,6-13,16H2,1-2H3. The lowest BCUT2D eigenvalue weighted by Gasteiger charge is -2.38. The zero-order chi connectivity index (χ0) is 18.8. The molecule has 0 saturated carbocycles. The van der Waals surface area contributed by atoms with Crippen molar-refractivity contribution in [3.63, 3.8) is 0 Å². The van der Waals surface area contributed by atoms with Gasteiger partial charge >= 0.3 is 0 Å². The molecule has 0 bridgehead atoms. The molecule has 1 aromatic heterocycles. The quantitative estimate of drug-likeness (QED) is 0.816. The summed E-state index contributed by atoms with van der Waals surface area (Å²) in [6.07, 6.45) is 7.62. The van der Waals surface area contributed by atoms with Crippen molar-refractivity contribution in [1.29, 1.82) is 0 Å². The fraction of sp³-hybridized carbons (Fsp3) is 0.545. The zero-order valence-corrected chi connectivity index (χ0v) is 16.5. The molecule has 0 radical (unpaired) electrons. The summed E-state index contributed by atoms with van der Waals surface area (Å²) in [4.78, 5) is 22.7. The first-order valence-electron chi connectivity index (χ1n) is 10.2. The Bertz CT molecular complexity index is 808. The normalized spacial score (nSPS) is 18.1. The number of likely N-dealkylation sites (N-methyl/N-ethyl adjacent to an activating group) is 1. The Labute approximate surface area is 162 Å². The van der Waals surface area contributed by atoms with E-state index < -0.39 is 0 Å². The Kier molecular flexibility index (Phi) is 5.30. The Morgan fingerprint density at radius 1 is 1.22 bits per heavy atom. The summed E-state index contributed by atoms with van der Waals surface area (Å²) in [7, 11) is 1.89. The SMILES string of the molecule is CC(=O)N(C)CCN1CCC(CN2CCc3cncc4cccc2c34)CC1. The fourth-order valence-corrected chi connectivity index (χ4v) is 4.46. The van der Waals surface area contributed by atoms with E-state index in [9.17, 15) is 4.79 Å². The van der Waals surface area contributed by atoms with Crippen LogP contribution in [0.2, 0.25) is 0 Å². The van der Waals surface area contributed by atoms with E-state index in [-0.39, 0.29) is 5.91 Å². The number of hydrogen-bond acceptors (Lipinski definition) is 4. The highest BCUT2D eigenvalue weighted by atomic mass is 16.2. The van der Waals surface area contributed by atoms with Gasteiger partial charge in [0.05, 0.1) is 0 Å².